The fraction of sp³-hybridized carbons (Fsp3) is 1.00. The van der Waals surface area contributed by atoms with Crippen LogP contribution in [0.4, 0.5) is 0 Å². The Morgan fingerprint density at radius 2 is 0.759 bits per heavy atom. The van der Waals surface area contributed by atoms with Crippen molar-refractivity contribution >= 4 is 37.1 Å². The third-order valence-corrected chi connectivity index (χ3v) is 3.27. The predicted molar refractivity (Wildman–Crippen MR) is 129 cm³/mol. The molecule has 0 aromatic heterocycles. The fourth-order valence-corrected chi connectivity index (χ4v) is 1.96. The molecule has 0 aliphatic rings. The molecule has 0 bridgehead atoms. The van der Waals surface area contributed by atoms with Crippen molar-refractivity contribution in [3.63, 3.8) is 0 Å². The first-order chi connectivity index (χ1) is 12.5. The van der Waals surface area contributed by atoms with Crippen LogP contribution in [0.15, 0.2) is 0 Å². The molecular formula is C18H46O6P2S2Zn. The maximum atomic E-state index is 7.56. The Bertz CT molecular complexity index is 338. The van der Waals surface area contributed by atoms with Crippen LogP contribution in [-0.4, -0.2) is 29.4 Å². The summed E-state index contributed by atoms with van der Waals surface area (Å²) in [5.74, 6) is 1.81. The van der Waals surface area contributed by atoms with Crippen molar-refractivity contribution in [2.75, 3.05) is 0 Å². The van der Waals surface area contributed by atoms with Crippen molar-refractivity contribution in [1.29, 1.82) is 0 Å². The molecule has 0 aliphatic heterocycles. The van der Waals surface area contributed by atoms with Gasteiger partial charge in [-0.15, -0.1) is 0 Å². The van der Waals surface area contributed by atoms with Gasteiger partial charge in [-0.2, -0.15) is 0 Å². The zero-order valence-corrected chi connectivity index (χ0v) is 25.7. The van der Waals surface area contributed by atoms with Gasteiger partial charge in [-0.1, -0.05) is 106 Å². The molecule has 0 atom stereocenters. The van der Waals surface area contributed by atoms with E-state index in [4.69, 9.17) is 29.4 Å². The Morgan fingerprint density at radius 3 is 0.897 bits per heavy atom. The minimum absolute atomic E-state index is 0. The summed E-state index contributed by atoms with van der Waals surface area (Å²) in [6.07, 6.45) is 14.1. The number of hydrogen-bond donors (Lipinski definition) is 6. The summed E-state index contributed by atoms with van der Waals surface area (Å²) in [6.45, 7) is 6.10. The summed E-state index contributed by atoms with van der Waals surface area (Å²) >= 11 is 7.21. The van der Waals surface area contributed by atoms with Gasteiger partial charge in [0.25, 0.3) is 0 Å². The Kier molecular flexibility index (Phi) is 39.2. The fourth-order valence-electron chi connectivity index (χ4n) is 1.96. The maximum Gasteiger partial charge on any atom is 0.319 e. The molecule has 29 heavy (non-hydrogen) atoms. The van der Waals surface area contributed by atoms with Crippen molar-refractivity contribution in [3.05, 3.63) is 0 Å². The Morgan fingerprint density at radius 1 is 0.552 bits per heavy atom. The van der Waals surface area contributed by atoms with Crippen molar-refractivity contribution in [2.24, 2.45) is 11.8 Å². The summed E-state index contributed by atoms with van der Waals surface area (Å²) in [5, 5.41) is 0. The molecule has 178 valence electrons. The van der Waals surface area contributed by atoms with Gasteiger partial charge < -0.3 is 29.4 Å². The first-order valence-electron chi connectivity index (χ1n) is 10.1. The molecule has 0 rings (SSSR count). The van der Waals surface area contributed by atoms with Crippen molar-refractivity contribution in [1.82, 2.24) is 0 Å². The van der Waals surface area contributed by atoms with E-state index in [0.717, 1.165) is 11.8 Å². The summed E-state index contributed by atoms with van der Waals surface area (Å²) in [4.78, 5) is 45.3. The summed E-state index contributed by atoms with van der Waals surface area (Å²) in [5.41, 5.74) is 0. The zero-order chi connectivity index (χ0) is 23.2. The normalized spacial score (nSPS) is 10.7. The van der Waals surface area contributed by atoms with Crippen LogP contribution in [0.25, 0.3) is 0 Å². The van der Waals surface area contributed by atoms with E-state index in [2.05, 4.69) is 65.2 Å². The first-order valence-corrected chi connectivity index (χ1v) is 15.4. The van der Waals surface area contributed by atoms with Crippen LogP contribution in [0.3, 0.4) is 0 Å². The molecule has 0 heterocycles. The topological polar surface area (TPSA) is 121 Å². The largest absolute Gasteiger partial charge is 0.325 e. The van der Waals surface area contributed by atoms with Crippen LogP contribution in [0.1, 0.15) is 106 Å². The third kappa shape index (κ3) is 121. The van der Waals surface area contributed by atoms with Crippen molar-refractivity contribution < 1.29 is 48.8 Å². The average molecular weight is 550 g/mol. The number of hydrogen-bond acceptors (Lipinski definition) is 2. The molecular weight excluding hydrogens is 504 g/mol. The van der Waals surface area contributed by atoms with Crippen LogP contribution >= 0.6 is 13.4 Å². The van der Waals surface area contributed by atoms with Crippen LogP contribution in [-0.2, 0) is 43.1 Å². The Labute approximate surface area is 202 Å². The van der Waals surface area contributed by atoms with E-state index in [0.29, 0.717) is 0 Å². The van der Waals surface area contributed by atoms with E-state index >= 15 is 0 Å². The van der Waals surface area contributed by atoms with E-state index in [-0.39, 0.29) is 19.5 Å². The third-order valence-electron chi connectivity index (χ3n) is 3.27. The van der Waals surface area contributed by atoms with Crippen LogP contribution in [0.2, 0.25) is 0 Å². The van der Waals surface area contributed by atoms with Gasteiger partial charge in [-0.05, 0) is 35.4 Å². The second kappa shape index (κ2) is 27.7. The maximum absolute atomic E-state index is 7.56. The molecule has 11 heteroatoms. The van der Waals surface area contributed by atoms with Crippen LogP contribution < -0.4 is 0 Å². The van der Waals surface area contributed by atoms with Crippen molar-refractivity contribution in [3.8, 4) is 0 Å². The van der Waals surface area contributed by atoms with E-state index < -0.39 is 13.4 Å². The predicted octanol–water partition coefficient (Wildman–Crippen LogP) is 5.60. The molecule has 6 nitrogen and oxygen atoms in total. The quantitative estimate of drug-likeness (QED) is 0.118. The van der Waals surface area contributed by atoms with E-state index in [1.807, 2.05) is 0 Å². The minimum Gasteiger partial charge on any atom is -0.325 e. The Hall–Kier alpha value is 1.68. The SMILES string of the molecule is CCCCCCC(C)C.CCCCCCC(C)C.OP(O)(O)=S.OP(O)(O)=S.[Zn]. The van der Waals surface area contributed by atoms with Gasteiger partial charge in [0.1, 0.15) is 0 Å². The monoisotopic (exact) mass is 548 g/mol. The molecule has 0 radical (unpaired) electrons. The Balaban J connectivity index is -0.0000000907. The number of rotatable bonds is 10. The van der Waals surface area contributed by atoms with E-state index in [1.54, 1.807) is 0 Å². The molecule has 0 saturated carbocycles. The first kappa shape index (κ1) is 41.0. The van der Waals surface area contributed by atoms with E-state index in [9.17, 15) is 0 Å². The summed E-state index contributed by atoms with van der Waals surface area (Å²) < 4.78 is 0. The molecule has 6 N–H and O–H groups in total. The zero-order valence-electron chi connectivity index (χ0n) is 19.3. The van der Waals surface area contributed by atoms with Gasteiger partial charge in [-0.25, -0.2) is 0 Å². The second-order valence-electron chi connectivity index (χ2n) is 7.51. The van der Waals surface area contributed by atoms with Gasteiger partial charge in [-0.3, -0.25) is 0 Å². The average Bonchev–Trinajstić information content (AvgIpc) is 2.45. The molecule has 0 aromatic carbocycles. The van der Waals surface area contributed by atoms with Gasteiger partial charge in [0.2, 0.25) is 0 Å². The summed E-state index contributed by atoms with van der Waals surface area (Å²) in [6, 6.07) is 0. The standard InChI is InChI=1S/2C9H20.2H3O3PS.Zn/c2*1-4-5-6-7-8-9(2)3;2*1-4(2,3)5;/h2*9H,4-8H2,1-3H3;2*(H3,1,2,3,5);. The second-order valence-corrected chi connectivity index (χ2v) is 12.5. The smallest absolute Gasteiger partial charge is 0.319 e. The van der Waals surface area contributed by atoms with Crippen molar-refractivity contribution in [2.45, 2.75) is 106 Å². The molecule has 0 aromatic rings. The number of unbranched alkanes of at least 4 members (excludes halogenated alkanes) is 6. The van der Waals surface area contributed by atoms with Crippen LogP contribution in [0, 0.1) is 11.8 Å². The summed E-state index contributed by atoms with van der Waals surface area (Å²) in [7, 11) is 0. The molecule has 0 fully saturated rings. The van der Waals surface area contributed by atoms with Gasteiger partial charge in [0.05, 0.1) is 0 Å². The van der Waals surface area contributed by atoms with Gasteiger partial charge >= 0.3 is 13.4 Å². The van der Waals surface area contributed by atoms with Gasteiger partial charge in [0, 0.05) is 19.5 Å². The van der Waals surface area contributed by atoms with E-state index in [1.165, 1.54) is 64.2 Å². The molecule has 0 saturated heterocycles. The minimum atomic E-state index is -3.81. The molecule has 0 aliphatic carbocycles. The molecule has 0 unspecified atom stereocenters. The molecule has 0 spiro atoms. The molecule has 0 amide bonds. The van der Waals surface area contributed by atoms with Gasteiger partial charge in [0.15, 0.2) is 0 Å². The van der Waals surface area contributed by atoms with Crippen LogP contribution in [0.5, 0.6) is 0 Å².